The van der Waals surface area contributed by atoms with Crippen LogP contribution in [0.1, 0.15) is 12.8 Å². The molecule has 0 unspecified atom stereocenters. The van der Waals surface area contributed by atoms with Crippen molar-refractivity contribution in [3.8, 4) is 11.5 Å². The standard InChI is InChI=1S/C17H26N4O2/c1-22-16-11-14-15(12-17(16)23-2)21(8-5-19-14)10-9-20-6-3-13(18)4-7-20/h5,11-13H,3-4,6-10,18H2,1-2H3. The van der Waals surface area contributed by atoms with Crippen LogP contribution >= 0.6 is 0 Å². The fourth-order valence-corrected chi connectivity index (χ4v) is 3.20. The molecule has 6 heteroatoms. The van der Waals surface area contributed by atoms with Crippen LogP contribution in [0.2, 0.25) is 0 Å². The zero-order valence-electron chi connectivity index (χ0n) is 14.0. The zero-order chi connectivity index (χ0) is 16.2. The van der Waals surface area contributed by atoms with Gasteiger partial charge in [-0.15, -0.1) is 0 Å². The van der Waals surface area contributed by atoms with E-state index < -0.39 is 0 Å². The van der Waals surface area contributed by atoms with E-state index in [-0.39, 0.29) is 0 Å². The Bertz CT molecular complexity index is 568. The van der Waals surface area contributed by atoms with Gasteiger partial charge in [0.05, 0.1) is 32.1 Å². The first-order chi connectivity index (χ1) is 11.2. The van der Waals surface area contributed by atoms with Crippen LogP contribution in [-0.2, 0) is 0 Å². The Labute approximate surface area is 137 Å². The summed E-state index contributed by atoms with van der Waals surface area (Å²) in [5.41, 5.74) is 8.03. The Hall–Kier alpha value is -1.79. The number of hydrogen-bond acceptors (Lipinski definition) is 6. The first kappa shape index (κ1) is 16.1. The van der Waals surface area contributed by atoms with E-state index in [2.05, 4.69) is 14.8 Å². The molecule has 6 nitrogen and oxygen atoms in total. The van der Waals surface area contributed by atoms with E-state index in [4.69, 9.17) is 15.2 Å². The van der Waals surface area contributed by atoms with Crippen molar-refractivity contribution in [1.82, 2.24) is 4.90 Å². The van der Waals surface area contributed by atoms with Crippen LogP contribution in [0.4, 0.5) is 11.4 Å². The molecule has 23 heavy (non-hydrogen) atoms. The van der Waals surface area contributed by atoms with Gasteiger partial charge in [-0.2, -0.15) is 0 Å². The number of piperidine rings is 1. The average molecular weight is 318 g/mol. The quantitative estimate of drug-likeness (QED) is 0.894. The van der Waals surface area contributed by atoms with Crippen LogP contribution in [0, 0.1) is 0 Å². The molecule has 2 aliphatic heterocycles. The summed E-state index contributed by atoms with van der Waals surface area (Å²) < 4.78 is 10.8. The van der Waals surface area contributed by atoms with E-state index in [1.54, 1.807) is 14.2 Å². The minimum absolute atomic E-state index is 0.380. The van der Waals surface area contributed by atoms with E-state index in [0.717, 1.165) is 68.4 Å². The van der Waals surface area contributed by atoms with E-state index in [1.807, 2.05) is 18.3 Å². The van der Waals surface area contributed by atoms with Crippen molar-refractivity contribution in [3.05, 3.63) is 12.1 Å². The van der Waals surface area contributed by atoms with Gasteiger partial charge in [0.15, 0.2) is 11.5 Å². The van der Waals surface area contributed by atoms with E-state index in [1.165, 1.54) is 0 Å². The highest BCUT2D eigenvalue weighted by Gasteiger charge is 2.21. The van der Waals surface area contributed by atoms with Crippen molar-refractivity contribution >= 4 is 17.6 Å². The summed E-state index contributed by atoms with van der Waals surface area (Å²) in [6.45, 7) is 5.05. The lowest BCUT2D eigenvalue weighted by molar-refractivity contribution is 0.217. The average Bonchev–Trinajstić information content (AvgIpc) is 2.60. The number of ether oxygens (including phenoxy) is 2. The highest BCUT2D eigenvalue weighted by Crippen LogP contribution is 2.40. The van der Waals surface area contributed by atoms with Crippen LogP contribution < -0.4 is 20.1 Å². The van der Waals surface area contributed by atoms with Gasteiger partial charge in [-0.05, 0) is 25.9 Å². The number of likely N-dealkylation sites (tertiary alicyclic amines) is 1. The molecule has 0 bridgehead atoms. The van der Waals surface area contributed by atoms with Gasteiger partial charge in [-0.25, -0.2) is 0 Å². The van der Waals surface area contributed by atoms with Crippen LogP contribution in [0.5, 0.6) is 11.5 Å². The molecule has 1 saturated heterocycles. The number of nitrogens with zero attached hydrogens (tertiary/aromatic N) is 3. The van der Waals surface area contributed by atoms with Crippen molar-refractivity contribution in [3.63, 3.8) is 0 Å². The van der Waals surface area contributed by atoms with Gasteiger partial charge in [-0.3, -0.25) is 4.99 Å². The summed E-state index contributed by atoms with van der Waals surface area (Å²) in [6.07, 6.45) is 4.16. The number of benzene rings is 1. The third-order valence-corrected chi connectivity index (χ3v) is 4.67. The number of hydrogen-bond donors (Lipinski definition) is 1. The molecule has 2 N–H and O–H groups in total. The maximum Gasteiger partial charge on any atom is 0.163 e. The van der Waals surface area contributed by atoms with Gasteiger partial charge in [0, 0.05) is 37.5 Å². The Kier molecular flexibility index (Phi) is 5.03. The molecule has 1 fully saturated rings. The highest BCUT2D eigenvalue weighted by atomic mass is 16.5. The van der Waals surface area contributed by atoms with E-state index in [9.17, 15) is 0 Å². The van der Waals surface area contributed by atoms with Crippen molar-refractivity contribution < 1.29 is 9.47 Å². The SMILES string of the molecule is COc1cc2c(cc1OC)N(CCN1CCC(N)CC1)CC=N2. The van der Waals surface area contributed by atoms with Crippen molar-refractivity contribution in [1.29, 1.82) is 0 Å². The molecule has 3 rings (SSSR count). The molecule has 0 aromatic heterocycles. The van der Waals surface area contributed by atoms with Crippen LogP contribution in [-0.4, -0.2) is 64.1 Å². The van der Waals surface area contributed by atoms with Crippen molar-refractivity contribution in [2.75, 3.05) is 51.8 Å². The minimum Gasteiger partial charge on any atom is -0.493 e. The molecule has 2 aliphatic rings. The van der Waals surface area contributed by atoms with Gasteiger partial charge in [0.25, 0.3) is 0 Å². The number of anilines is 1. The summed E-state index contributed by atoms with van der Waals surface area (Å²) in [4.78, 5) is 9.34. The number of fused-ring (bicyclic) bond motifs is 1. The van der Waals surface area contributed by atoms with Crippen molar-refractivity contribution in [2.24, 2.45) is 10.7 Å². The predicted octanol–water partition coefficient (Wildman–Crippen LogP) is 1.65. The van der Waals surface area contributed by atoms with Gasteiger partial charge in [0.1, 0.15) is 0 Å². The summed E-state index contributed by atoms with van der Waals surface area (Å²) in [5, 5.41) is 0. The fourth-order valence-electron chi connectivity index (χ4n) is 3.20. The maximum atomic E-state index is 5.98. The highest BCUT2D eigenvalue weighted by molar-refractivity contribution is 5.83. The number of aliphatic imine (C=N–C) groups is 1. The molecule has 0 spiro atoms. The summed E-state index contributed by atoms with van der Waals surface area (Å²) >= 11 is 0. The number of nitrogens with two attached hydrogens (primary N) is 1. The van der Waals surface area contributed by atoms with Gasteiger partial charge in [0.2, 0.25) is 0 Å². The molecule has 1 aromatic carbocycles. The summed E-state index contributed by atoms with van der Waals surface area (Å²) in [5.74, 6) is 1.47. The Morgan fingerprint density at radius 2 is 1.83 bits per heavy atom. The zero-order valence-corrected chi connectivity index (χ0v) is 14.0. The third-order valence-electron chi connectivity index (χ3n) is 4.67. The van der Waals surface area contributed by atoms with E-state index >= 15 is 0 Å². The predicted molar refractivity (Wildman–Crippen MR) is 93.6 cm³/mol. The first-order valence-electron chi connectivity index (χ1n) is 8.22. The molecule has 1 aromatic rings. The molecule has 0 radical (unpaired) electrons. The van der Waals surface area contributed by atoms with E-state index in [0.29, 0.717) is 6.04 Å². The molecule has 0 atom stereocenters. The lowest BCUT2D eigenvalue weighted by atomic mass is 10.1. The smallest absolute Gasteiger partial charge is 0.163 e. The largest absolute Gasteiger partial charge is 0.493 e. The second kappa shape index (κ2) is 7.19. The molecular weight excluding hydrogens is 292 g/mol. The Morgan fingerprint density at radius 1 is 1.13 bits per heavy atom. The second-order valence-corrected chi connectivity index (χ2v) is 6.13. The molecule has 0 aliphatic carbocycles. The maximum absolute atomic E-state index is 5.98. The molecular formula is C17H26N4O2. The Morgan fingerprint density at radius 3 is 2.52 bits per heavy atom. The van der Waals surface area contributed by atoms with Gasteiger partial charge in [-0.1, -0.05) is 0 Å². The number of methoxy groups -OCH3 is 2. The minimum atomic E-state index is 0.380. The fraction of sp³-hybridized carbons (Fsp3) is 0.588. The van der Waals surface area contributed by atoms with Crippen LogP contribution in [0.3, 0.4) is 0 Å². The molecule has 2 heterocycles. The molecule has 126 valence electrons. The lowest BCUT2D eigenvalue weighted by Gasteiger charge is -2.34. The summed E-state index contributed by atoms with van der Waals surface area (Å²) in [6, 6.07) is 4.35. The van der Waals surface area contributed by atoms with Gasteiger partial charge < -0.3 is 25.0 Å². The van der Waals surface area contributed by atoms with Crippen molar-refractivity contribution in [2.45, 2.75) is 18.9 Å². The Balaban J connectivity index is 1.69. The monoisotopic (exact) mass is 318 g/mol. The van der Waals surface area contributed by atoms with Crippen LogP contribution in [0.15, 0.2) is 17.1 Å². The molecule has 0 saturated carbocycles. The summed E-state index contributed by atoms with van der Waals surface area (Å²) in [7, 11) is 3.31. The topological polar surface area (TPSA) is 63.3 Å². The normalized spacial score (nSPS) is 18.8. The lowest BCUT2D eigenvalue weighted by Crippen LogP contribution is -2.43. The van der Waals surface area contributed by atoms with Crippen LogP contribution in [0.25, 0.3) is 0 Å². The second-order valence-electron chi connectivity index (χ2n) is 6.13. The third kappa shape index (κ3) is 3.59. The number of rotatable bonds is 5. The van der Waals surface area contributed by atoms with Gasteiger partial charge >= 0.3 is 0 Å². The first-order valence-corrected chi connectivity index (χ1v) is 8.22. The molecule has 0 amide bonds.